The zero-order chi connectivity index (χ0) is 15.6. The van der Waals surface area contributed by atoms with E-state index in [1.54, 1.807) is 6.07 Å². The first-order chi connectivity index (χ1) is 10.1. The van der Waals surface area contributed by atoms with Crippen LogP contribution in [0.1, 0.15) is 31.6 Å². The Kier molecular flexibility index (Phi) is 9.10. The molecule has 0 aromatic carbocycles. The molecule has 0 saturated carbocycles. The molecule has 0 atom stereocenters. The predicted octanol–water partition coefficient (Wildman–Crippen LogP) is 2.00. The van der Waals surface area contributed by atoms with Crippen molar-refractivity contribution >= 4 is 21.4 Å². The summed E-state index contributed by atoms with van der Waals surface area (Å²) in [4.78, 5) is 1.08. The number of ether oxygens (including phenoxy) is 1. The summed E-state index contributed by atoms with van der Waals surface area (Å²) in [5.41, 5.74) is 0. The van der Waals surface area contributed by atoms with Crippen molar-refractivity contribution in [3.05, 3.63) is 17.0 Å². The Morgan fingerprint density at radius 3 is 2.71 bits per heavy atom. The van der Waals surface area contributed by atoms with Gasteiger partial charge in [-0.15, -0.1) is 11.3 Å². The van der Waals surface area contributed by atoms with Crippen LogP contribution in [0.3, 0.4) is 0 Å². The first-order valence-electron chi connectivity index (χ1n) is 7.47. The number of rotatable bonds is 12. The second-order valence-electron chi connectivity index (χ2n) is 4.69. The van der Waals surface area contributed by atoms with E-state index in [1.165, 1.54) is 11.3 Å². The van der Waals surface area contributed by atoms with Crippen LogP contribution in [-0.2, 0) is 21.2 Å². The van der Waals surface area contributed by atoms with Gasteiger partial charge in [0, 0.05) is 18.0 Å². The third kappa shape index (κ3) is 7.37. The second kappa shape index (κ2) is 10.3. The molecule has 5 nitrogen and oxygen atoms in total. The fourth-order valence-corrected chi connectivity index (χ4v) is 4.11. The van der Waals surface area contributed by atoms with Crippen molar-refractivity contribution in [1.29, 1.82) is 0 Å². The maximum absolute atomic E-state index is 12.1. The van der Waals surface area contributed by atoms with E-state index in [9.17, 15) is 8.42 Å². The van der Waals surface area contributed by atoms with Crippen molar-refractivity contribution in [2.24, 2.45) is 0 Å². The molecule has 2 N–H and O–H groups in total. The van der Waals surface area contributed by atoms with Gasteiger partial charge < -0.3 is 10.1 Å². The van der Waals surface area contributed by atoms with Crippen molar-refractivity contribution in [2.45, 2.75) is 37.3 Å². The molecule has 1 aromatic heterocycles. The molecule has 0 bridgehead atoms. The number of thiophene rings is 1. The number of likely N-dealkylation sites (N-methyl/N-ethyl adjacent to an activating group) is 1. The fourth-order valence-electron chi connectivity index (χ4n) is 1.69. The van der Waals surface area contributed by atoms with Crippen molar-refractivity contribution in [3.8, 4) is 0 Å². The van der Waals surface area contributed by atoms with Crippen LogP contribution in [0.2, 0.25) is 0 Å². The minimum absolute atomic E-state index is 0.316. The monoisotopic (exact) mass is 334 g/mol. The van der Waals surface area contributed by atoms with Gasteiger partial charge in [0.1, 0.15) is 4.21 Å². The summed E-state index contributed by atoms with van der Waals surface area (Å²) in [7, 11) is -3.39. The standard InChI is InChI=1S/C14H26N2O3S2/c1-3-5-11-19-12-10-16-21(17,18)14-7-6-13(20-14)8-9-15-4-2/h6-7,15-16H,3-5,8-12H2,1-2H3. The Morgan fingerprint density at radius 1 is 1.19 bits per heavy atom. The van der Waals surface area contributed by atoms with Crippen LogP contribution >= 0.6 is 11.3 Å². The number of hydrogen-bond acceptors (Lipinski definition) is 5. The van der Waals surface area contributed by atoms with E-state index in [1.807, 2.05) is 6.07 Å². The molecule has 0 spiro atoms. The minimum atomic E-state index is -3.39. The lowest BCUT2D eigenvalue weighted by molar-refractivity contribution is 0.136. The summed E-state index contributed by atoms with van der Waals surface area (Å²) >= 11 is 1.33. The molecule has 1 heterocycles. The molecule has 0 aliphatic heterocycles. The third-order valence-electron chi connectivity index (χ3n) is 2.88. The molecular weight excluding hydrogens is 308 g/mol. The molecule has 1 rings (SSSR count). The van der Waals surface area contributed by atoms with Gasteiger partial charge in [0.05, 0.1) is 6.61 Å². The van der Waals surface area contributed by atoms with Gasteiger partial charge in [0.15, 0.2) is 0 Å². The smallest absolute Gasteiger partial charge is 0.250 e. The Hall–Kier alpha value is -0.470. The highest BCUT2D eigenvalue weighted by Gasteiger charge is 2.15. The molecule has 21 heavy (non-hydrogen) atoms. The molecule has 0 saturated heterocycles. The lowest BCUT2D eigenvalue weighted by atomic mass is 10.3. The first-order valence-corrected chi connectivity index (χ1v) is 9.77. The SMILES string of the molecule is CCCCOCCNS(=O)(=O)c1ccc(CCNCC)s1. The van der Waals surface area contributed by atoms with E-state index in [4.69, 9.17) is 4.74 Å². The third-order valence-corrected chi connectivity index (χ3v) is 5.98. The maximum atomic E-state index is 12.1. The summed E-state index contributed by atoms with van der Waals surface area (Å²) in [6.45, 7) is 7.36. The van der Waals surface area contributed by atoms with Gasteiger partial charge in [-0.25, -0.2) is 13.1 Å². The van der Waals surface area contributed by atoms with Gasteiger partial charge >= 0.3 is 0 Å². The summed E-state index contributed by atoms with van der Waals surface area (Å²) in [5.74, 6) is 0. The molecule has 0 aliphatic rings. The Bertz CT molecular complexity index is 486. The lowest BCUT2D eigenvalue weighted by Crippen LogP contribution is -2.27. The van der Waals surface area contributed by atoms with E-state index < -0.39 is 10.0 Å². The van der Waals surface area contributed by atoms with Crippen molar-refractivity contribution in [3.63, 3.8) is 0 Å². The maximum Gasteiger partial charge on any atom is 0.250 e. The van der Waals surface area contributed by atoms with Gasteiger partial charge in [-0.05, 0) is 38.1 Å². The van der Waals surface area contributed by atoms with E-state index in [2.05, 4.69) is 23.9 Å². The topological polar surface area (TPSA) is 67.4 Å². The van der Waals surface area contributed by atoms with E-state index in [0.717, 1.165) is 37.2 Å². The van der Waals surface area contributed by atoms with Crippen LogP contribution in [0.25, 0.3) is 0 Å². The van der Waals surface area contributed by atoms with Crippen LogP contribution in [0.4, 0.5) is 0 Å². The minimum Gasteiger partial charge on any atom is -0.380 e. The molecule has 122 valence electrons. The van der Waals surface area contributed by atoms with Gasteiger partial charge in [-0.2, -0.15) is 0 Å². The normalized spacial score (nSPS) is 11.9. The van der Waals surface area contributed by atoms with E-state index in [-0.39, 0.29) is 0 Å². The number of unbranched alkanes of at least 4 members (excludes halogenated alkanes) is 1. The predicted molar refractivity (Wildman–Crippen MR) is 87.5 cm³/mol. The van der Waals surface area contributed by atoms with Crippen LogP contribution in [0.15, 0.2) is 16.3 Å². The molecule has 7 heteroatoms. The zero-order valence-electron chi connectivity index (χ0n) is 12.9. The average Bonchev–Trinajstić information content (AvgIpc) is 2.93. The summed E-state index contributed by atoms with van der Waals surface area (Å²) in [5, 5.41) is 3.23. The van der Waals surface area contributed by atoms with Crippen LogP contribution < -0.4 is 10.0 Å². The molecule has 0 aliphatic carbocycles. The summed E-state index contributed by atoms with van der Waals surface area (Å²) in [6, 6.07) is 3.56. The first kappa shape index (κ1) is 18.6. The number of nitrogens with one attached hydrogen (secondary N) is 2. The molecule has 0 unspecified atom stereocenters. The quantitative estimate of drug-likeness (QED) is 0.574. The van der Waals surface area contributed by atoms with E-state index in [0.29, 0.717) is 24.0 Å². The molecular formula is C14H26N2O3S2. The van der Waals surface area contributed by atoms with Gasteiger partial charge in [-0.1, -0.05) is 20.3 Å². The lowest BCUT2D eigenvalue weighted by Gasteiger charge is -2.05. The van der Waals surface area contributed by atoms with Gasteiger partial charge in [-0.3, -0.25) is 0 Å². The largest absolute Gasteiger partial charge is 0.380 e. The van der Waals surface area contributed by atoms with Gasteiger partial charge in [0.25, 0.3) is 0 Å². The number of hydrogen-bond donors (Lipinski definition) is 2. The average molecular weight is 335 g/mol. The fraction of sp³-hybridized carbons (Fsp3) is 0.714. The molecule has 0 radical (unpaired) electrons. The molecule has 0 fully saturated rings. The number of sulfonamides is 1. The Labute approximate surface area is 132 Å². The van der Waals surface area contributed by atoms with Crippen molar-refractivity contribution in [2.75, 3.05) is 32.8 Å². The van der Waals surface area contributed by atoms with Crippen molar-refractivity contribution in [1.82, 2.24) is 10.0 Å². The van der Waals surface area contributed by atoms with E-state index >= 15 is 0 Å². The Morgan fingerprint density at radius 2 is 2.00 bits per heavy atom. The van der Waals surface area contributed by atoms with Crippen LogP contribution in [-0.4, -0.2) is 41.3 Å². The van der Waals surface area contributed by atoms with Gasteiger partial charge in [0.2, 0.25) is 10.0 Å². The highest BCUT2D eigenvalue weighted by molar-refractivity contribution is 7.91. The van der Waals surface area contributed by atoms with Crippen LogP contribution in [0, 0.1) is 0 Å². The highest BCUT2D eigenvalue weighted by atomic mass is 32.2. The molecule has 1 aromatic rings. The summed E-state index contributed by atoms with van der Waals surface area (Å²) < 4.78 is 32.5. The van der Waals surface area contributed by atoms with Crippen LogP contribution in [0.5, 0.6) is 0 Å². The van der Waals surface area contributed by atoms with Crippen molar-refractivity contribution < 1.29 is 13.2 Å². The molecule has 0 amide bonds. The highest BCUT2D eigenvalue weighted by Crippen LogP contribution is 2.21. The zero-order valence-corrected chi connectivity index (χ0v) is 14.5. The summed E-state index contributed by atoms with van der Waals surface area (Å²) in [6.07, 6.45) is 2.94. The Balaban J connectivity index is 2.36. The second-order valence-corrected chi connectivity index (χ2v) is 7.85.